The Morgan fingerprint density at radius 3 is 2.73 bits per heavy atom. The second-order valence-electron chi connectivity index (χ2n) is 8.35. The molecule has 1 saturated carbocycles. The van der Waals surface area contributed by atoms with Crippen molar-refractivity contribution in [2.75, 3.05) is 0 Å². The van der Waals surface area contributed by atoms with E-state index in [4.69, 9.17) is 18.9 Å². The fraction of sp³-hybridized carbons (Fsp3) is 0.700. The third-order valence-electron chi connectivity index (χ3n) is 6.46. The number of rotatable bonds is 2. The first-order chi connectivity index (χ1) is 12.2. The van der Waals surface area contributed by atoms with Crippen LogP contribution in [0.15, 0.2) is 23.8 Å². The minimum Gasteiger partial charge on any atom is -0.458 e. The summed E-state index contributed by atoms with van der Waals surface area (Å²) in [5.41, 5.74) is 0.189. The number of epoxide rings is 2. The quantitative estimate of drug-likeness (QED) is 0.427. The molecule has 6 heteroatoms. The third-order valence-corrected chi connectivity index (χ3v) is 6.46. The molecule has 142 valence electrons. The summed E-state index contributed by atoms with van der Waals surface area (Å²) in [5.74, 6) is -1.24. The van der Waals surface area contributed by atoms with E-state index in [0.29, 0.717) is 17.6 Å². The van der Waals surface area contributed by atoms with Crippen LogP contribution in [-0.4, -0.2) is 47.6 Å². The maximum Gasteiger partial charge on any atom is 0.334 e. The van der Waals surface area contributed by atoms with Crippen LogP contribution in [0.2, 0.25) is 0 Å². The molecular weight excluding hydrogens is 336 g/mol. The van der Waals surface area contributed by atoms with E-state index in [1.807, 2.05) is 13.8 Å². The van der Waals surface area contributed by atoms with Crippen molar-refractivity contribution in [3.05, 3.63) is 23.8 Å². The van der Waals surface area contributed by atoms with Crippen molar-refractivity contribution in [1.29, 1.82) is 0 Å². The predicted octanol–water partition coefficient (Wildman–Crippen LogP) is 2.46. The van der Waals surface area contributed by atoms with Crippen LogP contribution in [-0.2, 0) is 28.5 Å². The lowest BCUT2D eigenvalue weighted by Gasteiger charge is -2.28. The average molecular weight is 362 g/mol. The summed E-state index contributed by atoms with van der Waals surface area (Å²) in [5, 5.41) is 0. The van der Waals surface area contributed by atoms with Gasteiger partial charge in [0.05, 0.1) is 23.2 Å². The third kappa shape index (κ3) is 2.70. The van der Waals surface area contributed by atoms with Gasteiger partial charge in [-0.25, -0.2) is 9.59 Å². The molecule has 6 nitrogen and oxygen atoms in total. The smallest absolute Gasteiger partial charge is 0.334 e. The molecule has 3 aliphatic heterocycles. The van der Waals surface area contributed by atoms with Gasteiger partial charge < -0.3 is 18.9 Å². The number of esters is 2. The van der Waals surface area contributed by atoms with Crippen molar-refractivity contribution in [2.45, 2.75) is 82.6 Å². The van der Waals surface area contributed by atoms with Crippen LogP contribution in [0.1, 0.15) is 47.0 Å². The SMILES string of the molecule is C=C1C(=O)OC2CC3(C)OC3CCC3(C)OC3C(OC(=O)C(C)=CC)C12. The molecule has 0 aromatic rings. The summed E-state index contributed by atoms with van der Waals surface area (Å²) in [6, 6.07) is 0. The van der Waals surface area contributed by atoms with Crippen molar-refractivity contribution in [2.24, 2.45) is 5.92 Å². The Hall–Kier alpha value is -1.66. The van der Waals surface area contributed by atoms with Crippen LogP contribution in [0.5, 0.6) is 0 Å². The minimum atomic E-state index is -0.592. The van der Waals surface area contributed by atoms with Crippen molar-refractivity contribution >= 4 is 11.9 Å². The van der Waals surface area contributed by atoms with Gasteiger partial charge in [-0.05, 0) is 40.5 Å². The number of carbonyl (C=O) groups excluding carboxylic acids is 2. The standard InChI is InChI=1S/C20H26O6/c1-6-10(2)17(21)24-15-14-11(3)18(22)23-12(14)9-20(5)13(25-20)7-8-19(4)16(15)26-19/h6,12-16H,3,7-9H2,1-2,4-5H3. The van der Waals surface area contributed by atoms with E-state index in [-0.39, 0.29) is 23.4 Å². The molecule has 0 aromatic heterocycles. The van der Waals surface area contributed by atoms with E-state index in [2.05, 4.69) is 6.58 Å². The summed E-state index contributed by atoms with van der Waals surface area (Å²) < 4.78 is 23.3. The molecule has 0 aromatic carbocycles. The lowest BCUT2D eigenvalue weighted by atomic mass is 9.79. The van der Waals surface area contributed by atoms with Gasteiger partial charge in [-0.15, -0.1) is 0 Å². The highest BCUT2D eigenvalue weighted by molar-refractivity contribution is 5.91. The molecule has 7 unspecified atom stereocenters. The van der Waals surface area contributed by atoms with Gasteiger partial charge >= 0.3 is 11.9 Å². The first-order valence-corrected chi connectivity index (χ1v) is 9.28. The lowest BCUT2D eigenvalue weighted by molar-refractivity contribution is -0.149. The van der Waals surface area contributed by atoms with Crippen LogP contribution in [0.25, 0.3) is 0 Å². The summed E-state index contributed by atoms with van der Waals surface area (Å²) in [4.78, 5) is 24.7. The largest absolute Gasteiger partial charge is 0.458 e. The van der Waals surface area contributed by atoms with Crippen molar-refractivity contribution in [1.82, 2.24) is 0 Å². The van der Waals surface area contributed by atoms with E-state index in [9.17, 15) is 9.59 Å². The van der Waals surface area contributed by atoms with Gasteiger partial charge in [0, 0.05) is 17.6 Å². The van der Waals surface area contributed by atoms with Crippen molar-refractivity contribution < 1.29 is 28.5 Å². The molecular formula is C20H26O6. The molecule has 0 N–H and O–H groups in total. The number of hydrogen-bond acceptors (Lipinski definition) is 6. The molecule has 3 heterocycles. The molecule has 0 radical (unpaired) electrons. The van der Waals surface area contributed by atoms with Crippen LogP contribution >= 0.6 is 0 Å². The summed E-state index contributed by atoms with van der Waals surface area (Å²) in [6.07, 6.45) is 2.87. The first kappa shape index (κ1) is 17.7. The Morgan fingerprint density at radius 1 is 1.31 bits per heavy atom. The van der Waals surface area contributed by atoms with Gasteiger partial charge in [-0.1, -0.05) is 12.7 Å². The summed E-state index contributed by atoms with van der Waals surface area (Å²) >= 11 is 0. The van der Waals surface area contributed by atoms with Gasteiger partial charge in [-0.3, -0.25) is 0 Å². The molecule has 3 saturated heterocycles. The van der Waals surface area contributed by atoms with E-state index >= 15 is 0 Å². The molecule has 4 rings (SSSR count). The molecule has 4 aliphatic rings. The number of hydrogen-bond donors (Lipinski definition) is 0. The predicted molar refractivity (Wildman–Crippen MR) is 92.2 cm³/mol. The highest BCUT2D eigenvalue weighted by Gasteiger charge is 2.66. The number of carbonyl (C=O) groups is 2. The van der Waals surface area contributed by atoms with Crippen LogP contribution < -0.4 is 0 Å². The fourth-order valence-electron chi connectivity index (χ4n) is 4.41. The Kier molecular flexibility index (Phi) is 3.87. The zero-order chi connectivity index (χ0) is 18.9. The molecule has 26 heavy (non-hydrogen) atoms. The van der Waals surface area contributed by atoms with Crippen LogP contribution in [0, 0.1) is 5.92 Å². The molecule has 0 bridgehead atoms. The van der Waals surface area contributed by atoms with Gasteiger partial charge in [-0.2, -0.15) is 0 Å². The maximum absolute atomic E-state index is 12.4. The topological polar surface area (TPSA) is 77.7 Å². The highest BCUT2D eigenvalue weighted by atomic mass is 16.7. The van der Waals surface area contributed by atoms with E-state index < -0.39 is 30.1 Å². The summed E-state index contributed by atoms with van der Waals surface area (Å²) in [6.45, 7) is 11.5. The van der Waals surface area contributed by atoms with Crippen molar-refractivity contribution in [3.8, 4) is 0 Å². The van der Waals surface area contributed by atoms with E-state index in [1.165, 1.54) is 0 Å². The Balaban J connectivity index is 1.68. The molecule has 1 aliphatic carbocycles. The molecule has 0 amide bonds. The Labute approximate surface area is 153 Å². The minimum absolute atomic E-state index is 0.154. The molecule has 0 spiro atoms. The normalized spacial score (nSPS) is 47.2. The second-order valence-corrected chi connectivity index (χ2v) is 8.35. The van der Waals surface area contributed by atoms with E-state index in [1.54, 1.807) is 19.9 Å². The number of ether oxygens (including phenoxy) is 4. The van der Waals surface area contributed by atoms with Crippen molar-refractivity contribution in [3.63, 3.8) is 0 Å². The van der Waals surface area contributed by atoms with E-state index in [0.717, 1.165) is 12.8 Å². The maximum atomic E-state index is 12.4. The number of allylic oxidation sites excluding steroid dienone is 1. The monoisotopic (exact) mass is 362 g/mol. The Morgan fingerprint density at radius 2 is 2.04 bits per heavy atom. The zero-order valence-corrected chi connectivity index (χ0v) is 15.7. The molecule has 7 atom stereocenters. The second kappa shape index (κ2) is 5.67. The average Bonchev–Trinajstić information content (AvgIpc) is 3.42. The summed E-state index contributed by atoms with van der Waals surface area (Å²) in [7, 11) is 0. The fourth-order valence-corrected chi connectivity index (χ4v) is 4.41. The van der Waals surface area contributed by atoms with Gasteiger partial charge in [0.15, 0.2) is 0 Å². The molecule has 4 fully saturated rings. The Bertz CT molecular complexity index is 711. The lowest BCUT2D eigenvalue weighted by Crippen LogP contribution is -2.41. The van der Waals surface area contributed by atoms with Gasteiger partial charge in [0.1, 0.15) is 18.3 Å². The number of fused-ring (bicyclic) bond motifs is 3. The first-order valence-electron chi connectivity index (χ1n) is 9.28. The van der Waals surface area contributed by atoms with Crippen LogP contribution in [0.3, 0.4) is 0 Å². The zero-order valence-electron chi connectivity index (χ0n) is 15.7. The van der Waals surface area contributed by atoms with Gasteiger partial charge in [0.2, 0.25) is 0 Å². The highest BCUT2D eigenvalue weighted by Crippen LogP contribution is 2.54. The van der Waals surface area contributed by atoms with Gasteiger partial charge in [0.25, 0.3) is 0 Å². The van der Waals surface area contributed by atoms with Crippen LogP contribution in [0.4, 0.5) is 0 Å².